The van der Waals surface area contributed by atoms with Crippen LogP contribution in [0.5, 0.6) is 0 Å². The van der Waals surface area contributed by atoms with Crippen molar-refractivity contribution in [3.05, 3.63) is 10.1 Å². The Balaban J connectivity index is 1.12. The predicted molar refractivity (Wildman–Crippen MR) is 144 cm³/mol. The lowest BCUT2D eigenvalue weighted by Crippen LogP contribution is -2.48. The van der Waals surface area contributed by atoms with Crippen LogP contribution >= 0.6 is 0 Å². The maximum Gasteiger partial charge on any atom is 0.307 e. The number of hydroxylamine groups is 1. The van der Waals surface area contributed by atoms with Gasteiger partial charge in [-0.05, 0) is 83.0 Å². The molecular weight excluding hydrogens is 538 g/mol. The van der Waals surface area contributed by atoms with Crippen LogP contribution in [0, 0.1) is 33.8 Å². The van der Waals surface area contributed by atoms with Crippen molar-refractivity contribution >= 4 is 17.8 Å². The van der Waals surface area contributed by atoms with Gasteiger partial charge in [-0.15, -0.1) is 0 Å². The van der Waals surface area contributed by atoms with Gasteiger partial charge >= 0.3 is 11.9 Å². The number of carboxylic acids is 2. The highest BCUT2D eigenvalue weighted by atomic mass is 16.6. The molecule has 6 atom stereocenters. The third-order valence-electron chi connectivity index (χ3n) is 9.68. The van der Waals surface area contributed by atoms with E-state index in [0.717, 1.165) is 51.4 Å². The van der Waals surface area contributed by atoms with Crippen LogP contribution in [0.2, 0.25) is 0 Å². The highest BCUT2D eigenvalue weighted by Gasteiger charge is 2.44. The maximum atomic E-state index is 12.9. The summed E-state index contributed by atoms with van der Waals surface area (Å²) in [4.78, 5) is 52.6. The Kier molecular flexibility index (Phi) is 11.3. The Morgan fingerprint density at radius 1 is 0.756 bits per heavy atom. The molecule has 4 saturated carbocycles. The predicted octanol–water partition coefficient (Wildman–Crippen LogP) is 2.27. The Morgan fingerprint density at radius 3 is 1.95 bits per heavy atom. The molecule has 6 unspecified atom stereocenters. The lowest BCUT2D eigenvalue weighted by Gasteiger charge is -2.36. The first-order chi connectivity index (χ1) is 19.6. The Bertz CT molecular complexity index is 919. The lowest BCUT2D eigenvalue weighted by atomic mass is 9.76. The molecule has 0 aliphatic heterocycles. The van der Waals surface area contributed by atoms with E-state index in [4.69, 9.17) is 9.57 Å². The highest BCUT2D eigenvalue weighted by Crippen LogP contribution is 2.34. The van der Waals surface area contributed by atoms with Gasteiger partial charge in [0, 0.05) is 29.8 Å². The summed E-state index contributed by atoms with van der Waals surface area (Å²) in [6.45, 7) is 0.313. The molecule has 0 aromatic rings. The molecule has 0 bridgehead atoms. The standard InChI is InChI=1S/C28H45N3O10/c32-20-7-1-16(24(14-20)28(36)37)15-40-30-18-4-10-22(11-5-18)41-21-8-2-17(3-9-21)29-26(33)25-13-19(31(38)39)6-12-23(25)27(34)35/h16-25,30,32H,1-15H2,(H,29,33)(H,34,35)(H,36,37). The van der Waals surface area contributed by atoms with Gasteiger partial charge in [0.15, 0.2) is 0 Å². The number of aliphatic hydroxyl groups excluding tert-OH is 1. The quantitative estimate of drug-likeness (QED) is 0.177. The Morgan fingerprint density at radius 2 is 1.37 bits per heavy atom. The summed E-state index contributed by atoms with van der Waals surface area (Å²) in [7, 11) is 0. The van der Waals surface area contributed by atoms with Crippen molar-refractivity contribution in [2.24, 2.45) is 23.7 Å². The van der Waals surface area contributed by atoms with E-state index in [2.05, 4.69) is 10.8 Å². The normalized spacial score (nSPS) is 38.1. The van der Waals surface area contributed by atoms with Crippen molar-refractivity contribution in [2.75, 3.05) is 6.61 Å². The molecule has 0 heterocycles. The monoisotopic (exact) mass is 583 g/mol. The van der Waals surface area contributed by atoms with E-state index >= 15 is 0 Å². The summed E-state index contributed by atoms with van der Waals surface area (Å²) >= 11 is 0. The number of nitro groups is 1. The number of carbonyl (C=O) groups excluding carboxylic acids is 1. The molecule has 4 fully saturated rings. The van der Waals surface area contributed by atoms with Gasteiger partial charge in [-0.25, -0.2) is 0 Å². The zero-order valence-electron chi connectivity index (χ0n) is 23.5. The van der Waals surface area contributed by atoms with E-state index < -0.39 is 46.8 Å². The molecule has 1 amide bonds. The van der Waals surface area contributed by atoms with Crippen molar-refractivity contribution in [2.45, 2.75) is 126 Å². The van der Waals surface area contributed by atoms with E-state index in [0.29, 0.717) is 19.4 Å². The van der Waals surface area contributed by atoms with E-state index in [9.17, 15) is 39.8 Å². The molecular formula is C28H45N3O10. The molecule has 232 valence electrons. The average Bonchev–Trinajstić information content (AvgIpc) is 2.95. The first-order valence-corrected chi connectivity index (χ1v) is 15.2. The minimum atomic E-state index is -1.07. The number of amides is 1. The van der Waals surface area contributed by atoms with Crippen LogP contribution in [0.25, 0.3) is 0 Å². The van der Waals surface area contributed by atoms with Crippen LogP contribution < -0.4 is 10.8 Å². The number of carbonyl (C=O) groups is 3. The minimum absolute atomic E-state index is 0.0373. The van der Waals surface area contributed by atoms with Crippen molar-refractivity contribution in [1.29, 1.82) is 0 Å². The van der Waals surface area contributed by atoms with Gasteiger partial charge in [-0.3, -0.25) is 24.5 Å². The number of aliphatic hydroxyl groups is 1. The van der Waals surface area contributed by atoms with E-state index in [1.165, 1.54) is 0 Å². The fourth-order valence-electron chi connectivity index (χ4n) is 7.15. The van der Waals surface area contributed by atoms with Crippen molar-refractivity contribution in [1.82, 2.24) is 10.8 Å². The Labute approximate surface area is 239 Å². The summed E-state index contributed by atoms with van der Waals surface area (Å²) in [5.41, 5.74) is 3.11. The molecule has 0 radical (unpaired) electrons. The van der Waals surface area contributed by atoms with Gasteiger partial charge in [-0.2, -0.15) is 5.48 Å². The zero-order valence-corrected chi connectivity index (χ0v) is 23.5. The molecule has 0 aromatic heterocycles. The fourth-order valence-corrected chi connectivity index (χ4v) is 7.15. The van der Waals surface area contributed by atoms with E-state index in [-0.39, 0.29) is 61.8 Å². The van der Waals surface area contributed by atoms with Gasteiger partial charge in [-0.1, -0.05) is 0 Å². The third kappa shape index (κ3) is 8.82. The number of nitrogens with one attached hydrogen (secondary N) is 2. The maximum absolute atomic E-state index is 12.9. The van der Waals surface area contributed by atoms with Crippen molar-refractivity contribution in [3.63, 3.8) is 0 Å². The number of hydrogen-bond acceptors (Lipinski definition) is 9. The molecule has 13 nitrogen and oxygen atoms in total. The fraction of sp³-hybridized carbons (Fsp3) is 0.893. The zero-order chi connectivity index (χ0) is 29.5. The first kappa shape index (κ1) is 31.6. The number of nitrogens with zero attached hydrogens (tertiary/aromatic N) is 1. The number of rotatable bonds is 11. The largest absolute Gasteiger partial charge is 0.481 e. The van der Waals surface area contributed by atoms with Crippen LogP contribution in [-0.2, 0) is 24.0 Å². The SMILES string of the molecule is O=C(O)C1CC(O)CCC1CONC1CCC(OC2CCC(NC(=O)C3CC([N+](=O)[O-])CCC3C(=O)O)CC2)CC1. The van der Waals surface area contributed by atoms with Crippen LogP contribution in [0.15, 0.2) is 0 Å². The Hall–Kier alpha value is -2.35. The van der Waals surface area contributed by atoms with E-state index in [1.807, 2.05) is 0 Å². The number of hydrogen-bond donors (Lipinski definition) is 5. The van der Waals surface area contributed by atoms with Crippen LogP contribution in [0.3, 0.4) is 0 Å². The van der Waals surface area contributed by atoms with Crippen molar-refractivity contribution in [3.8, 4) is 0 Å². The van der Waals surface area contributed by atoms with Crippen LogP contribution in [-0.4, -0.2) is 81.1 Å². The van der Waals surface area contributed by atoms with Crippen molar-refractivity contribution < 1.29 is 44.2 Å². The smallest absolute Gasteiger partial charge is 0.307 e. The molecule has 13 heteroatoms. The molecule has 4 rings (SSSR count). The first-order valence-electron chi connectivity index (χ1n) is 15.2. The molecule has 0 spiro atoms. The highest BCUT2D eigenvalue weighted by molar-refractivity contribution is 5.85. The summed E-state index contributed by atoms with van der Waals surface area (Å²) in [6, 6.07) is -0.779. The lowest BCUT2D eigenvalue weighted by molar-refractivity contribution is -0.528. The van der Waals surface area contributed by atoms with Crippen LogP contribution in [0.4, 0.5) is 0 Å². The summed E-state index contributed by atoms with van der Waals surface area (Å²) in [5.74, 6) is -4.80. The molecule has 0 aromatic carbocycles. The second-order valence-electron chi connectivity index (χ2n) is 12.5. The van der Waals surface area contributed by atoms with Crippen LogP contribution in [0.1, 0.15) is 89.9 Å². The third-order valence-corrected chi connectivity index (χ3v) is 9.68. The number of aliphatic carboxylic acids is 2. The molecule has 0 saturated heterocycles. The van der Waals surface area contributed by atoms with E-state index in [1.54, 1.807) is 0 Å². The molecule has 4 aliphatic carbocycles. The minimum Gasteiger partial charge on any atom is -0.481 e. The number of ether oxygens (including phenoxy) is 1. The second-order valence-corrected chi connectivity index (χ2v) is 12.5. The summed E-state index contributed by atoms with van der Waals surface area (Å²) in [5, 5.41) is 42.9. The molecule has 5 N–H and O–H groups in total. The van der Waals surface area contributed by atoms with Gasteiger partial charge in [0.2, 0.25) is 11.9 Å². The average molecular weight is 584 g/mol. The van der Waals surface area contributed by atoms with Gasteiger partial charge in [0.05, 0.1) is 42.7 Å². The number of carboxylic acid groups (broad SMARTS) is 2. The van der Waals surface area contributed by atoms with Gasteiger partial charge in [0.25, 0.3) is 0 Å². The summed E-state index contributed by atoms with van der Waals surface area (Å²) in [6.07, 6.45) is 8.07. The van der Waals surface area contributed by atoms with Gasteiger partial charge in [0.1, 0.15) is 0 Å². The molecule has 4 aliphatic rings. The summed E-state index contributed by atoms with van der Waals surface area (Å²) < 4.78 is 6.37. The topological polar surface area (TPSA) is 198 Å². The molecule has 41 heavy (non-hydrogen) atoms. The van der Waals surface area contributed by atoms with Gasteiger partial charge < -0.3 is 30.2 Å². The second kappa shape index (κ2) is 14.7.